The van der Waals surface area contributed by atoms with Crippen LogP contribution in [0.2, 0.25) is 10.0 Å². The summed E-state index contributed by atoms with van der Waals surface area (Å²) in [6.45, 7) is 0.554. The second kappa shape index (κ2) is 11.9. The van der Waals surface area contributed by atoms with Crippen LogP contribution in [0.1, 0.15) is 11.1 Å². The van der Waals surface area contributed by atoms with E-state index in [2.05, 4.69) is 5.32 Å². The Morgan fingerprint density at radius 3 is 2.45 bits per heavy atom. The number of nitrogens with one attached hydrogen (secondary N) is 1. The van der Waals surface area contributed by atoms with E-state index in [0.717, 1.165) is 17.1 Å². The van der Waals surface area contributed by atoms with Gasteiger partial charge in [0.2, 0.25) is 11.7 Å². The third kappa shape index (κ3) is 6.77. The normalized spacial score (nSPS) is 10.8. The number of rotatable bonds is 10. The Morgan fingerprint density at radius 1 is 1.03 bits per heavy atom. The maximum atomic E-state index is 12.1. The third-order valence-electron chi connectivity index (χ3n) is 3.95. The predicted molar refractivity (Wildman–Crippen MR) is 121 cm³/mol. The Labute approximate surface area is 185 Å². The SMILES string of the molecule is COc1ccc(C=CC(=O)NCCSCc2ccc(Cl)c(Cl)c2)c(OC)c1OC. The average Bonchev–Trinajstić information content (AvgIpc) is 2.73. The van der Waals surface area contributed by atoms with Crippen LogP contribution >= 0.6 is 35.0 Å². The van der Waals surface area contributed by atoms with Crippen molar-refractivity contribution in [1.29, 1.82) is 0 Å². The van der Waals surface area contributed by atoms with Crippen LogP contribution in [-0.2, 0) is 10.5 Å². The zero-order valence-corrected chi connectivity index (χ0v) is 18.8. The Morgan fingerprint density at radius 2 is 1.79 bits per heavy atom. The van der Waals surface area contributed by atoms with Gasteiger partial charge in [0.15, 0.2) is 11.5 Å². The molecule has 0 unspecified atom stereocenters. The van der Waals surface area contributed by atoms with Crippen molar-refractivity contribution in [2.45, 2.75) is 5.75 Å². The van der Waals surface area contributed by atoms with Crippen LogP contribution in [-0.4, -0.2) is 39.5 Å². The summed E-state index contributed by atoms with van der Waals surface area (Å²) >= 11 is 13.6. The molecule has 5 nitrogen and oxygen atoms in total. The van der Waals surface area contributed by atoms with Crippen molar-refractivity contribution >= 4 is 46.9 Å². The maximum Gasteiger partial charge on any atom is 0.244 e. The van der Waals surface area contributed by atoms with Gasteiger partial charge in [-0.25, -0.2) is 0 Å². The fraction of sp³-hybridized carbons (Fsp3) is 0.286. The molecule has 1 N–H and O–H groups in total. The summed E-state index contributed by atoms with van der Waals surface area (Å²) in [4.78, 5) is 12.1. The quantitative estimate of drug-likeness (QED) is 0.399. The number of benzene rings is 2. The molecule has 0 saturated carbocycles. The Balaban J connectivity index is 1.83. The summed E-state index contributed by atoms with van der Waals surface area (Å²) < 4.78 is 16.0. The molecular weight excluding hydrogens is 433 g/mol. The molecule has 156 valence electrons. The molecule has 0 fully saturated rings. The summed E-state index contributed by atoms with van der Waals surface area (Å²) in [5, 5.41) is 3.95. The largest absolute Gasteiger partial charge is 0.493 e. The molecule has 0 saturated heterocycles. The van der Waals surface area contributed by atoms with Crippen LogP contribution in [0.4, 0.5) is 0 Å². The van der Waals surface area contributed by atoms with Gasteiger partial charge in [-0.3, -0.25) is 4.79 Å². The molecule has 0 aromatic heterocycles. The van der Waals surface area contributed by atoms with E-state index in [1.807, 2.05) is 12.1 Å². The highest BCUT2D eigenvalue weighted by atomic mass is 35.5. The van der Waals surface area contributed by atoms with Crippen molar-refractivity contribution < 1.29 is 19.0 Å². The van der Waals surface area contributed by atoms with Crippen LogP contribution in [0.5, 0.6) is 17.2 Å². The number of methoxy groups -OCH3 is 3. The van der Waals surface area contributed by atoms with Gasteiger partial charge in [-0.2, -0.15) is 11.8 Å². The minimum Gasteiger partial charge on any atom is -0.493 e. The highest BCUT2D eigenvalue weighted by Crippen LogP contribution is 2.40. The summed E-state index contributed by atoms with van der Waals surface area (Å²) in [7, 11) is 4.63. The molecule has 0 radical (unpaired) electrons. The molecule has 1 amide bonds. The van der Waals surface area contributed by atoms with Crippen LogP contribution in [0.25, 0.3) is 6.08 Å². The first-order valence-electron chi connectivity index (χ1n) is 8.76. The minimum atomic E-state index is -0.183. The Hall–Kier alpha value is -2.02. The first-order valence-corrected chi connectivity index (χ1v) is 10.7. The number of thioether (sulfide) groups is 1. The van der Waals surface area contributed by atoms with Gasteiger partial charge >= 0.3 is 0 Å². The van der Waals surface area contributed by atoms with Crippen molar-refractivity contribution in [3.63, 3.8) is 0 Å². The van der Waals surface area contributed by atoms with Gasteiger partial charge < -0.3 is 19.5 Å². The molecule has 0 spiro atoms. The zero-order chi connectivity index (χ0) is 21.2. The topological polar surface area (TPSA) is 56.8 Å². The molecule has 0 bridgehead atoms. The third-order valence-corrected chi connectivity index (χ3v) is 5.72. The molecule has 0 heterocycles. The lowest BCUT2D eigenvalue weighted by molar-refractivity contribution is -0.116. The molecule has 8 heteroatoms. The van der Waals surface area contributed by atoms with Crippen molar-refractivity contribution in [2.75, 3.05) is 33.6 Å². The van der Waals surface area contributed by atoms with Gasteiger partial charge in [-0.05, 0) is 35.9 Å². The summed E-state index contributed by atoms with van der Waals surface area (Å²) in [6.07, 6.45) is 3.15. The maximum absolute atomic E-state index is 12.1. The predicted octanol–water partition coefficient (Wildman–Crippen LogP) is 5.08. The van der Waals surface area contributed by atoms with Crippen LogP contribution in [0.3, 0.4) is 0 Å². The minimum absolute atomic E-state index is 0.183. The molecular formula is C21H23Cl2NO4S. The van der Waals surface area contributed by atoms with E-state index in [1.54, 1.807) is 50.3 Å². The van der Waals surface area contributed by atoms with E-state index in [0.29, 0.717) is 39.4 Å². The molecule has 2 rings (SSSR count). The van der Waals surface area contributed by atoms with Gasteiger partial charge in [0.25, 0.3) is 0 Å². The second-order valence-corrected chi connectivity index (χ2v) is 7.77. The van der Waals surface area contributed by atoms with Crippen LogP contribution < -0.4 is 19.5 Å². The molecule has 0 aliphatic carbocycles. The highest BCUT2D eigenvalue weighted by Gasteiger charge is 2.14. The molecule has 2 aromatic carbocycles. The van der Waals surface area contributed by atoms with E-state index in [-0.39, 0.29) is 5.91 Å². The number of hydrogen-bond donors (Lipinski definition) is 1. The standard InChI is InChI=1S/C21H23Cl2NO4S/c1-26-18-8-5-15(20(27-2)21(18)28-3)6-9-19(25)24-10-11-29-13-14-4-7-16(22)17(23)12-14/h4-9,12H,10-11,13H2,1-3H3,(H,24,25). The van der Waals surface area contributed by atoms with Crippen molar-refractivity contribution in [1.82, 2.24) is 5.32 Å². The van der Waals surface area contributed by atoms with Crippen molar-refractivity contribution in [2.24, 2.45) is 0 Å². The first-order chi connectivity index (χ1) is 14.0. The monoisotopic (exact) mass is 455 g/mol. The average molecular weight is 456 g/mol. The molecule has 2 aromatic rings. The first kappa shape index (κ1) is 23.3. The lowest BCUT2D eigenvalue weighted by Crippen LogP contribution is -2.23. The van der Waals surface area contributed by atoms with E-state index in [4.69, 9.17) is 37.4 Å². The van der Waals surface area contributed by atoms with Crippen molar-refractivity contribution in [3.8, 4) is 17.2 Å². The van der Waals surface area contributed by atoms with Crippen molar-refractivity contribution in [3.05, 3.63) is 57.6 Å². The number of carbonyl (C=O) groups is 1. The van der Waals surface area contributed by atoms with Gasteiger partial charge in [0, 0.05) is 29.7 Å². The summed E-state index contributed by atoms with van der Waals surface area (Å²) in [5.74, 6) is 2.94. The van der Waals surface area contributed by atoms with E-state index in [9.17, 15) is 4.79 Å². The van der Waals surface area contributed by atoms with Crippen LogP contribution in [0, 0.1) is 0 Å². The number of ether oxygens (including phenoxy) is 3. The fourth-order valence-corrected chi connectivity index (χ4v) is 3.67. The van der Waals surface area contributed by atoms with Gasteiger partial charge in [-0.1, -0.05) is 29.3 Å². The molecule has 29 heavy (non-hydrogen) atoms. The van der Waals surface area contributed by atoms with Gasteiger partial charge in [-0.15, -0.1) is 0 Å². The number of hydrogen-bond acceptors (Lipinski definition) is 5. The lowest BCUT2D eigenvalue weighted by atomic mass is 10.1. The zero-order valence-electron chi connectivity index (χ0n) is 16.5. The molecule has 0 aliphatic rings. The highest BCUT2D eigenvalue weighted by molar-refractivity contribution is 7.98. The Bertz CT molecular complexity index is 874. The second-order valence-electron chi connectivity index (χ2n) is 5.85. The molecule has 0 aliphatic heterocycles. The van der Waals surface area contributed by atoms with E-state index >= 15 is 0 Å². The number of amides is 1. The molecule has 0 atom stereocenters. The number of halogens is 2. The Kier molecular flexibility index (Phi) is 9.51. The van der Waals surface area contributed by atoms with Gasteiger partial charge in [0.05, 0.1) is 31.4 Å². The fourth-order valence-electron chi connectivity index (χ4n) is 2.55. The van der Waals surface area contributed by atoms with E-state index in [1.165, 1.54) is 13.2 Å². The summed E-state index contributed by atoms with van der Waals surface area (Å²) in [6, 6.07) is 9.15. The smallest absolute Gasteiger partial charge is 0.244 e. The number of carbonyl (C=O) groups excluding carboxylic acids is 1. The summed E-state index contributed by atoms with van der Waals surface area (Å²) in [5.41, 5.74) is 1.81. The lowest BCUT2D eigenvalue weighted by Gasteiger charge is -2.13. The van der Waals surface area contributed by atoms with E-state index < -0.39 is 0 Å². The van der Waals surface area contributed by atoms with Crippen LogP contribution in [0.15, 0.2) is 36.4 Å². The van der Waals surface area contributed by atoms with Gasteiger partial charge in [0.1, 0.15) is 0 Å².